The van der Waals surface area contributed by atoms with Gasteiger partial charge in [-0.15, -0.1) is 0 Å². The maximum Gasteiger partial charge on any atom is 0.156 e. The van der Waals surface area contributed by atoms with Crippen LogP contribution in [0.2, 0.25) is 0 Å². The lowest BCUT2D eigenvalue weighted by Gasteiger charge is -2.11. The zero-order valence-electron chi connectivity index (χ0n) is 7.39. The average molecular weight is 165 g/mol. The largest absolute Gasteiger partial charge is 0.382 e. The molecule has 62 valence electrons. The van der Waals surface area contributed by atoms with Crippen molar-refractivity contribution < 1.29 is 9.47 Å². The van der Waals surface area contributed by atoms with Crippen molar-refractivity contribution >= 4 is 7.26 Å². The first-order chi connectivity index (χ1) is 4.56. The third-order valence-electron chi connectivity index (χ3n) is 0.910. The maximum absolute atomic E-state index is 5.36. The van der Waals surface area contributed by atoms with Gasteiger partial charge in [0.05, 0.1) is 33.2 Å². The molecule has 3 heteroatoms. The van der Waals surface area contributed by atoms with Crippen LogP contribution in [0.25, 0.3) is 0 Å². The number of methoxy groups -OCH3 is 1. The van der Waals surface area contributed by atoms with E-state index in [1.807, 2.05) is 0 Å². The number of rotatable bonds is 5. The Bertz CT molecular complexity index is 78.2. The third-order valence-corrected chi connectivity index (χ3v) is 1.87. The summed E-state index contributed by atoms with van der Waals surface area (Å²) in [5.41, 5.74) is 0. The molecule has 0 N–H and O–H groups in total. The first kappa shape index (κ1) is 10.3. The van der Waals surface area contributed by atoms with Crippen LogP contribution >= 0.6 is 7.26 Å². The molecule has 10 heavy (non-hydrogen) atoms. The Morgan fingerprint density at radius 3 is 2.10 bits per heavy atom. The molecule has 0 unspecified atom stereocenters. The smallest absolute Gasteiger partial charge is 0.156 e. The summed E-state index contributed by atoms with van der Waals surface area (Å²) in [6, 6.07) is 0. The second kappa shape index (κ2) is 5.06. The van der Waals surface area contributed by atoms with Crippen molar-refractivity contribution in [3.8, 4) is 0 Å². The minimum atomic E-state index is -0.734. The van der Waals surface area contributed by atoms with Crippen molar-refractivity contribution in [3.05, 3.63) is 0 Å². The van der Waals surface area contributed by atoms with Crippen molar-refractivity contribution in [2.45, 2.75) is 0 Å². The van der Waals surface area contributed by atoms with Crippen LogP contribution in [0.5, 0.6) is 0 Å². The summed E-state index contributed by atoms with van der Waals surface area (Å²) in [4.78, 5) is 0. The fraction of sp³-hybridized carbons (Fsp3) is 1.00. The van der Waals surface area contributed by atoms with E-state index in [9.17, 15) is 0 Å². The number of hydrogen-bond donors (Lipinski definition) is 0. The average Bonchev–Trinajstić information content (AvgIpc) is 1.78. The monoisotopic (exact) mass is 165 g/mol. The lowest BCUT2D eigenvalue weighted by molar-refractivity contribution is 0.0935. The predicted octanol–water partition coefficient (Wildman–Crippen LogP) is 1.51. The highest BCUT2D eigenvalue weighted by Gasteiger charge is 2.16. The van der Waals surface area contributed by atoms with E-state index in [2.05, 4.69) is 20.0 Å². The minimum Gasteiger partial charge on any atom is -0.382 e. The Hall–Kier alpha value is 0.350. The van der Waals surface area contributed by atoms with Crippen LogP contribution in [0.1, 0.15) is 0 Å². The lowest BCUT2D eigenvalue weighted by Crippen LogP contribution is -2.04. The fourth-order valence-corrected chi connectivity index (χ4v) is 1.16. The lowest BCUT2D eigenvalue weighted by atomic mass is 10.8. The topological polar surface area (TPSA) is 18.5 Å². The maximum atomic E-state index is 5.36. The summed E-state index contributed by atoms with van der Waals surface area (Å²) in [5, 5.41) is 0. The molecule has 0 aliphatic rings. The van der Waals surface area contributed by atoms with Gasteiger partial charge in [-0.3, -0.25) is 0 Å². The molecule has 0 saturated carbocycles. The molecule has 0 fully saturated rings. The second-order valence-electron chi connectivity index (χ2n) is 3.32. The molecule has 0 radical (unpaired) electrons. The van der Waals surface area contributed by atoms with Crippen LogP contribution in [0.3, 0.4) is 0 Å². The van der Waals surface area contributed by atoms with Crippen molar-refractivity contribution in [3.63, 3.8) is 0 Å². The van der Waals surface area contributed by atoms with Gasteiger partial charge in [0.15, 0.2) is 6.35 Å². The SMILES string of the molecule is COCCOC[P+](C)(C)C. The van der Waals surface area contributed by atoms with Gasteiger partial charge in [0, 0.05) is 14.4 Å². The number of hydrogen-bond acceptors (Lipinski definition) is 2. The second-order valence-corrected chi connectivity index (χ2v) is 8.16. The highest BCUT2D eigenvalue weighted by molar-refractivity contribution is 7.73. The van der Waals surface area contributed by atoms with E-state index < -0.39 is 7.26 Å². The molecule has 0 atom stereocenters. The van der Waals surface area contributed by atoms with Crippen molar-refractivity contribution in [2.75, 3.05) is 46.7 Å². The molecule has 0 rings (SSSR count). The molecule has 0 aromatic carbocycles. The molecule has 0 heterocycles. The standard InChI is InChI=1S/C7H18O2P/c1-8-5-6-9-7-10(2,3)4/h5-7H2,1-4H3/q+1. The molecule has 0 bridgehead atoms. The van der Waals surface area contributed by atoms with Gasteiger partial charge in [0.25, 0.3) is 0 Å². The van der Waals surface area contributed by atoms with Gasteiger partial charge in [0.2, 0.25) is 0 Å². The highest BCUT2D eigenvalue weighted by atomic mass is 31.2. The van der Waals surface area contributed by atoms with Gasteiger partial charge >= 0.3 is 0 Å². The summed E-state index contributed by atoms with van der Waals surface area (Å²) in [5.74, 6) is 0. The van der Waals surface area contributed by atoms with Crippen molar-refractivity contribution in [2.24, 2.45) is 0 Å². The van der Waals surface area contributed by atoms with E-state index in [4.69, 9.17) is 9.47 Å². The Kier molecular flexibility index (Phi) is 5.24. The normalized spacial score (nSPS) is 12.0. The molecular weight excluding hydrogens is 147 g/mol. The predicted molar refractivity (Wildman–Crippen MR) is 47.4 cm³/mol. The summed E-state index contributed by atoms with van der Waals surface area (Å²) in [6.07, 6.45) is 0.913. The Morgan fingerprint density at radius 2 is 1.70 bits per heavy atom. The van der Waals surface area contributed by atoms with Crippen LogP contribution in [-0.2, 0) is 9.47 Å². The van der Waals surface area contributed by atoms with Crippen molar-refractivity contribution in [1.29, 1.82) is 0 Å². The molecule has 0 aliphatic heterocycles. The molecular formula is C7H18O2P+. The van der Waals surface area contributed by atoms with Crippen molar-refractivity contribution in [1.82, 2.24) is 0 Å². The zero-order chi connectivity index (χ0) is 8.04. The Balaban J connectivity index is 3.04. The summed E-state index contributed by atoms with van der Waals surface area (Å²) in [7, 11) is 0.956. The quantitative estimate of drug-likeness (QED) is 0.454. The first-order valence-electron chi connectivity index (χ1n) is 3.43. The van der Waals surface area contributed by atoms with Crippen LogP contribution in [0.4, 0.5) is 0 Å². The molecule has 0 aromatic rings. The van der Waals surface area contributed by atoms with Gasteiger partial charge in [-0.2, -0.15) is 0 Å². The van der Waals surface area contributed by atoms with Gasteiger partial charge in [-0.25, -0.2) is 0 Å². The molecule has 0 aromatic heterocycles. The van der Waals surface area contributed by atoms with Gasteiger partial charge in [-0.05, 0) is 0 Å². The van der Waals surface area contributed by atoms with E-state index in [1.165, 1.54) is 0 Å². The first-order valence-corrected chi connectivity index (χ1v) is 6.75. The minimum absolute atomic E-state index is 0.708. The van der Waals surface area contributed by atoms with Gasteiger partial charge in [0.1, 0.15) is 0 Å². The molecule has 0 aliphatic carbocycles. The van der Waals surface area contributed by atoms with E-state index in [1.54, 1.807) is 7.11 Å². The summed E-state index contributed by atoms with van der Waals surface area (Å²) < 4.78 is 10.2. The van der Waals surface area contributed by atoms with Crippen LogP contribution < -0.4 is 0 Å². The summed E-state index contributed by atoms with van der Waals surface area (Å²) >= 11 is 0. The fourth-order valence-electron chi connectivity index (χ4n) is 0.481. The Labute approximate surface area is 64.2 Å². The van der Waals surface area contributed by atoms with E-state index >= 15 is 0 Å². The molecule has 2 nitrogen and oxygen atoms in total. The molecule has 0 saturated heterocycles. The molecule has 0 amide bonds. The van der Waals surface area contributed by atoms with Crippen LogP contribution in [0.15, 0.2) is 0 Å². The third kappa shape index (κ3) is 8.35. The van der Waals surface area contributed by atoms with Gasteiger partial charge < -0.3 is 9.47 Å². The van der Waals surface area contributed by atoms with E-state index in [0.29, 0.717) is 6.61 Å². The van der Waals surface area contributed by atoms with E-state index in [0.717, 1.165) is 13.0 Å². The molecule has 0 spiro atoms. The highest BCUT2D eigenvalue weighted by Crippen LogP contribution is 2.45. The van der Waals surface area contributed by atoms with Crippen LogP contribution in [-0.4, -0.2) is 46.7 Å². The summed E-state index contributed by atoms with van der Waals surface area (Å²) in [6.45, 7) is 8.23. The van der Waals surface area contributed by atoms with Crippen LogP contribution in [0, 0.1) is 0 Å². The van der Waals surface area contributed by atoms with E-state index in [-0.39, 0.29) is 0 Å². The van der Waals surface area contributed by atoms with Gasteiger partial charge in [-0.1, -0.05) is 0 Å². The Morgan fingerprint density at radius 1 is 1.10 bits per heavy atom. The number of ether oxygens (including phenoxy) is 2. The zero-order valence-corrected chi connectivity index (χ0v) is 8.28.